The topological polar surface area (TPSA) is 88.6 Å². The third-order valence-corrected chi connectivity index (χ3v) is 4.66. The van der Waals surface area contributed by atoms with E-state index in [2.05, 4.69) is 10.3 Å². The van der Waals surface area contributed by atoms with Crippen LogP contribution in [-0.4, -0.2) is 57.5 Å². The molecule has 0 spiro atoms. The number of nitrogens with one attached hydrogen (secondary N) is 1. The Kier molecular flexibility index (Phi) is 6.34. The van der Waals surface area contributed by atoms with Gasteiger partial charge >= 0.3 is 0 Å². The molecule has 112 valence electrons. The van der Waals surface area contributed by atoms with E-state index in [4.69, 9.17) is 16.3 Å². The summed E-state index contributed by atoms with van der Waals surface area (Å²) < 4.78 is 30.1. The SMILES string of the molecule is COCCNC(=O)CN(C)S(=O)(=O)c1cccnc1Cl. The summed E-state index contributed by atoms with van der Waals surface area (Å²) in [6, 6.07) is 2.80. The summed E-state index contributed by atoms with van der Waals surface area (Å²) in [5.74, 6) is -0.423. The van der Waals surface area contributed by atoms with Crippen LogP contribution in [0.2, 0.25) is 5.15 Å². The lowest BCUT2D eigenvalue weighted by Crippen LogP contribution is -2.39. The largest absolute Gasteiger partial charge is 0.383 e. The van der Waals surface area contributed by atoms with Crippen molar-refractivity contribution in [1.82, 2.24) is 14.6 Å². The number of aromatic nitrogens is 1. The molecule has 0 saturated carbocycles. The van der Waals surface area contributed by atoms with Gasteiger partial charge in [0.1, 0.15) is 10.0 Å². The summed E-state index contributed by atoms with van der Waals surface area (Å²) in [7, 11) is -1.04. The average molecular weight is 322 g/mol. The smallest absolute Gasteiger partial charge is 0.246 e. The van der Waals surface area contributed by atoms with Crippen LogP contribution >= 0.6 is 11.6 Å². The average Bonchev–Trinajstić information content (AvgIpc) is 2.39. The van der Waals surface area contributed by atoms with Gasteiger partial charge in [-0.25, -0.2) is 13.4 Å². The first kappa shape index (κ1) is 16.8. The number of rotatable bonds is 7. The quantitative estimate of drug-likeness (QED) is 0.569. The summed E-state index contributed by atoms with van der Waals surface area (Å²) in [6.45, 7) is 0.366. The molecule has 20 heavy (non-hydrogen) atoms. The third kappa shape index (κ3) is 4.41. The van der Waals surface area contributed by atoms with Gasteiger partial charge in [0, 0.05) is 26.9 Å². The van der Waals surface area contributed by atoms with Crippen molar-refractivity contribution < 1.29 is 17.9 Å². The molecule has 7 nitrogen and oxygen atoms in total. The fourth-order valence-electron chi connectivity index (χ4n) is 1.37. The molecule has 0 saturated heterocycles. The van der Waals surface area contributed by atoms with Gasteiger partial charge in [-0.1, -0.05) is 11.6 Å². The Hall–Kier alpha value is -1.22. The maximum absolute atomic E-state index is 12.2. The molecule has 1 aromatic heterocycles. The Morgan fingerprint density at radius 2 is 2.25 bits per heavy atom. The Morgan fingerprint density at radius 1 is 1.55 bits per heavy atom. The first-order valence-electron chi connectivity index (χ1n) is 5.72. The third-order valence-electron chi connectivity index (χ3n) is 2.41. The maximum atomic E-state index is 12.2. The fraction of sp³-hybridized carbons (Fsp3) is 0.455. The minimum Gasteiger partial charge on any atom is -0.383 e. The number of hydrogen-bond donors (Lipinski definition) is 1. The molecule has 1 rings (SSSR count). The van der Waals surface area contributed by atoms with Crippen LogP contribution in [0, 0.1) is 0 Å². The second-order valence-corrected chi connectivity index (χ2v) is 6.27. The summed E-state index contributed by atoms with van der Waals surface area (Å²) >= 11 is 5.76. The number of methoxy groups -OCH3 is 1. The molecule has 0 fully saturated rings. The van der Waals surface area contributed by atoms with E-state index in [-0.39, 0.29) is 16.6 Å². The van der Waals surface area contributed by atoms with Gasteiger partial charge in [-0.15, -0.1) is 0 Å². The number of likely N-dealkylation sites (N-methyl/N-ethyl adjacent to an activating group) is 1. The molecule has 0 atom stereocenters. The molecule has 0 aliphatic rings. The number of halogens is 1. The monoisotopic (exact) mass is 321 g/mol. The number of carbonyl (C=O) groups excluding carboxylic acids is 1. The Balaban J connectivity index is 2.73. The fourth-order valence-corrected chi connectivity index (χ4v) is 2.92. The Bertz CT molecular complexity index is 565. The van der Waals surface area contributed by atoms with Crippen LogP contribution < -0.4 is 5.32 Å². The summed E-state index contributed by atoms with van der Waals surface area (Å²) in [5.41, 5.74) is 0. The van der Waals surface area contributed by atoms with Crippen LogP contribution in [0.5, 0.6) is 0 Å². The highest BCUT2D eigenvalue weighted by atomic mass is 35.5. The van der Waals surface area contributed by atoms with E-state index in [0.29, 0.717) is 13.2 Å². The van der Waals surface area contributed by atoms with Gasteiger partial charge in [-0.3, -0.25) is 4.79 Å². The lowest BCUT2D eigenvalue weighted by molar-refractivity contribution is -0.121. The highest BCUT2D eigenvalue weighted by Gasteiger charge is 2.25. The molecule has 0 bridgehead atoms. The molecule has 0 unspecified atom stereocenters. The van der Waals surface area contributed by atoms with Crippen molar-refractivity contribution in [2.75, 3.05) is 33.9 Å². The summed E-state index contributed by atoms with van der Waals surface area (Å²) in [4.78, 5) is 15.1. The molecule has 1 aromatic rings. The Morgan fingerprint density at radius 3 is 2.85 bits per heavy atom. The van der Waals surface area contributed by atoms with Gasteiger partial charge in [0.05, 0.1) is 13.2 Å². The standard InChI is InChI=1S/C11H16ClN3O4S/c1-15(8-10(16)13-6-7-19-2)20(17,18)9-4-3-5-14-11(9)12/h3-5H,6-8H2,1-2H3,(H,13,16). The van der Waals surface area contributed by atoms with Crippen LogP contribution in [0.25, 0.3) is 0 Å². The van der Waals surface area contributed by atoms with Crippen molar-refractivity contribution >= 4 is 27.5 Å². The first-order valence-corrected chi connectivity index (χ1v) is 7.54. The Labute approximate surface area is 122 Å². The van der Waals surface area contributed by atoms with E-state index in [1.54, 1.807) is 0 Å². The van der Waals surface area contributed by atoms with Gasteiger partial charge in [0.15, 0.2) is 0 Å². The number of amides is 1. The number of sulfonamides is 1. The highest BCUT2D eigenvalue weighted by molar-refractivity contribution is 7.89. The van der Waals surface area contributed by atoms with Gasteiger partial charge < -0.3 is 10.1 Å². The van der Waals surface area contributed by atoms with E-state index in [0.717, 1.165) is 4.31 Å². The van der Waals surface area contributed by atoms with Crippen molar-refractivity contribution in [2.45, 2.75) is 4.90 Å². The van der Waals surface area contributed by atoms with E-state index < -0.39 is 15.9 Å². The number of ether oxygens (including phenoxy) is 1. The van der Waals surface area contributed by atoms with Crippen LogP contribution in [0.15, 0.2) is 23.2 Å². The van der Waals surface area contributed by atoms with Crippen molar-refractivity contribution in [3.63, 3.8) is 0 Å². The molecule has 1 N–H and O–H groups in total. The van der Waals surface area contributed by atoms with Crippen LogP contribution in [0.3, 0.4) is 0 Å². The van der Waals surface area contributed by atoms with Crippen molar-refractivity contribution in [1.29, 1.82) is 0 Å². The molecular formula is C11H16ClN3O4S. The molecule has 0 radical (unpaired) electrons. The van der Waals surface area contributed by atoms with Gasteiger partial charge in [-0.2, -0.15) is 4.31 Å². The van der Waals surface area contributed by atoms with E-state index in [9.17, 15) is 13.2 Å². The van der Waals surface area contributed by atoms with E-state index >= 15 is 0 Å². The summed E-state index contributed by atoms with van der Waals surface area (Å²) in [6.07, 6.45) is 1.39. The second-order valence-electron chi connectivity index (χ2n) is 3.90. The van der Waals surface area contributed by atoms with Crippen molar-refractivity contribution in [3.05, 3.63) is 23.5 Å². The number of hydrogen-bond acceptors (Lipinski definition) is 5. The number of carbonyl (C=O) groups is 1. The zero-order chi connectivity index (χ0) is 15.2. The van der Waals surface area contributed by atoms with E-state index in [1.165, 1.54) is 32.5 Å². The van der Waals surface area contributed by atoms with Crippen LogP contribution in [-0.2, 0) is 19.6 Å². The molecule has 0 aromatic carbocycles. The molecule has 0 aliphatic carbocycles. The summed E-state index contributed by atoms with van der Waals surface area (Å²) in [5, 5.41) is 2.41. The second kappa shape index (κ2) is 7.53. The first-order chi connectivity index (χ1) is 9.39. The number of nitrogens with zero attached hydrogens (tertiary/aromatic N) is 2. The zero-order valence-corrected chi connectivity index (χ0v) is 12.7. The van der Waals surface area contributed by atoms with Gasteiger partial charge in [-0.05, 0) is 12.1 Å². The minimum absolute atomic E-state index is 0.126. The van der Waals surface area contributed by atoms with Crippen LogP contribution in [0.1, 0.15) is 0 Å². The van der Waals surface area contributed by atoms with E-state index in [1.807, 2.05) is 0 Å². The van der Waals surface area contributed by atoms with Gasteiger partial charge in [0.25, 0.3) is 0 Å². The number of pyridine rings is 1. The predicted octanol–water partition coefficient (Wildman–Crippen LogP) is 0.118. The minimum atomic E-state index is -3.85. The van der Waals surface area contributed by atoms with Crippen molar-refractivity contribution in [3.8, 4) is 0 Å². The lowest BCUT2D eigenvalue weighted by atomic mass is 10.5. The van der Waals surface area contributed by atoms with Crippen LogP contribution in [0.4, 0.5) is 0 Å². The molecule has 0 aliphatic heterocycles. The zero-order valence-electron chi connectivity index (χ0n) is 11.2. The maximum Gasteiger partial charge on any atom is 0.246 e. The van der Waals surface area contributed by atoms with Crippen molar-refractivity contribution in [2.24, 2.45) is 0 Å². The highest BCUT2D eigenvalue weighted by Crippen LogP contribution is 2.20. The van der Waals surface area contributed by atoms with Gasteiger partial charge in [0.2, 0.25) is 15.9 Å². The molecule has 1 heterocycles. The lowest BCUT2D eigenvalue weighted by Gasteiger charge is -2.17. The molecule has 9 heteroatoms. The molecular weight excluding hydrogens is 306 g/mol. The molecule has 1 amide bonds. The normalized spacial score (nSPS) is 11.6. The predicted molar refractivity (Wildman–Crippen MR) is 73.9 cm³/mol.